The SMILES string of the molecule is O=C(C[C@H]1S[C@H](c2ccc(Cl)cc2Cl)N(CCN2CCOCC2)C1=O)NCc1cccc2ccccc12. The van der Waals surface area contributed by atoms with Gasteiger partial charge in [0, 0.05) is 54.8 Å². The second-order valence-electron chi connectivity index (χ2n) is 9.25. The minimum absolute atomic E-state index is 0.0328. The third-order valence-corrected chi connectivity index (χ3v) is 8.88. The molecule has 194 valence electrons. The number of benzene rings is 3. The zero-order chi connectivity index (χ0) is 25.8. The summed E-state index contributed by atoms with van der Waals surface area (Å²) in [6, 6.07) is 19.5. The van der Waals surface area contributed by atoms with Crippen molar-refractivity contribution in [2.75, 3.05) is 39.4 Å². The lowest BCUT2D eigenvalue weighted by atomic mass is 10.0. The van der Waals surface area contributed by atoms with Crippen LogP contribution in [0.25, 0.3) is 10.8 Å². The molecule has 9 heteroatoms. The molecule has 2 atom stereocenters. The first-order valence-electron chi connectivity index (χ1n) is 12.4. The summed E-state index contributed by atoms with van der Waals surface area (Å²) >= 11 is 14.2. The average molecular weight is 559 g/mol. The van der Waals surface area contributed by atoms with E-state index in [1.807, 2.05) is 35.2 Å². The molecule has 3 aromatic rings. The third kappa shape index (κ3) is 6.24. The number of carbonyl (C=O) groups excluding carboxylic acids is 2. The van der Waals surface area contributed by atoms with Crippen molar-refractivity contribution >= 4 is 57.6 Å². The molecule has 3 aromatic carbocycles. The van der Waals surface area contributed by atoms with Crippen molar-refractivity contribution in [3.8, 4) is 0 Å². The standard InChI is InChI=1S/C28H29Cl2N3O3S/c29-21-8-9-23(24(30)16-21)28-33(11-10-32-12-14-36-15-13-32)27(35)25(37-28)17-26(34)31-18-20-6-3-5-19-4-1-2-7-22(19)20/h1-9,16,25,28H,10-15,17-18H2,(H,31,34)/t25-,28-/m1/s1. The number of ether oxygens (including phenoxy) is 1. The zero-order valence-electron chi connectivity index (χ0n) is 20.4. The van der Waals surface area contributed by atoms with E-state index in [4.69, 9.17) is 27.9 Å². The molecule has 2 amide bonds. The van der Waals surface area contributed by atoms with E-state index >= 15 is 0 Å². The van der Waals surface area contributed by atoms with Gasteiger partial charge in [-0.05, 0) is 28.5 Å². The molecule has 2 saturated heterocycles. The Morgan fingerprint density at radius 2 is 1.81 bits per heavy atom. The number of morpholine rings is 1. The van der Waals surface area contributed by atoms with Crippen molar-refractivity contribution in [2.24, 2.45) is 0 Å². The molecular formula is C28H29Cl2N3O3S. The second-order valence-corrected chi connectivity index (χ2v) is 11.4. The van der Waals surface area contributed by atoms with Gasteiger partial charge >= 0.3 is 0 Å². The van der Waals surface area contributed by atoms with Crippen molar-refractivity contribution in [3.05, 3.63) is 81.8 Å². The van der Waals surface area contributed by atoms with Crippen LogP contribution in [-0.2, 0) is 20.9 Å². The molecule has 2 fully saturated rings. The van der Waals surface area contributed by atoms with Crippen molar-refractivity contribution in [1.82, 2.24) is 15.1 Å². The van der Waals surface area contributed by atoms with Crippen molar-refractivity contribution in [1.29, 1.82) is 0 Å². The molecule has 6 nitrogen and oxygen atoms in total. The lowest BCUT2D eigenvalue weighted by Gasteiger charge is -2.31. The minimum Gasteiger partial charge on any atom is -0.379 e. The number of thioether (sulfide) groups is 1. The summed E-state index contributed by atoms with van der Waals surface area (Å²) in [5, 5.41) is 5.59. The van der Waals surface area contributed by atoms with Crippen LogP contribution < -0.4 is 5.32 Å². The molecule has 0 aromatic heterocycles. The molecule has 0 unspecified atom stereocenters. The van der Waals surface area contributed by atoms with Crippen LogP contribution in [0, 0.1) is 0 Å². The maximum absolute atomic E-state index is 13.5. The van der Waals surface area contributed by atoms with Crippen LogP contribution in [0.1, 0.15) is 22.9 Å². The molecule has 0 aliphatic carbocycles. The van der Waals surface area contributed by atoms with Gasteiger partial charge in [-0.2, -0.15) is 0 Å². The van der Waals surface area contributed by atoms with Gasteiger partial charge in [-0.15, -0.1) is 11.8 Å². The normalized spacial score (nSPS) is 20.5. The first-order chi connectivity index (χ1) is 18.0. The Hall–Kier alpha value is -2.29. The zero-order valence-corrected chi connectivity index (χ0v) is 22.7. The molecule has 1 N–H and O–H groups in total. The Morgan fingerprint density at radius 3 is 2.62 bits per heavy atom. The summed E-state index contributed by atoms with van der Waals surface area (Å²) in [7, 11) is 0. The molecule has 2 aliphatic heterocycles. The summed E-state index contributed by atoms with van der Waals surface area (Å²) < 4.78 is 5.45. The van der Waals surface area contributed by atoms with E-state index in [0.29, 0.717) is 36.3 Å². The Morgan fingerprint density at radius 1 is 1.03 bits per heavy atom. The fourth-order valence-corrected chi connectivity index (χ4v) is 6.94. The van der Waals surface area contributed by atoms with Crippen LogP contribution >= 0.6 is 35.0 Å². The minimum atomic E-state index is -0.478. The number of fused-ring (bicyclic) bond motifs is 1. The molecule has 2 heterocycles. The fraction of sp³-hybridized carbons (Fsp3) is 0.357. The predicted octanol–water partition coefficient (Wildman–Crippen LogP) is 5.13. The molecule has 0 radical (unpaired) electrons. The number of nitrogens with zero attached hydrogens (tertiary/aromatic N) is 2. The van der Waals surface area contributed by atoms with Crippen LogP contribution in [0.3, 0.4) is 0 Å². The number of amides is 2. The first-order valence-corrected chi connectivity index (χ1v) is 14.1. The topological polar surface area (TPSA) is 61.9 Å². The summed E-state index contributed by atoms with van der Waals surface area (Å²) in [5.41, 5.74) is 1.89. The molecule has 5 rings (SSSR count). The quantitative estimate of drug-likeness (QED) is 0.416. The fourth-order valence-electron chi connectivity index (χ4n) is 4.85. The maximum atomic E-state index is 13.5. The number of hydrogen-bond donors (Lipinski definition) is 1. The van der Waals surface area contributed by atoms with Crippen molar-refractivity contribution in [3.63, 3.8) is 0 Å². The monoisotopic (exact) mass is 557 g/mol. The molecular weight excluding hydrogens is 529 g/mol. The molecule has 0 spiro atoms. The highest BCUT2D eigenvalue weighted by Crippen LogP contribution is 2.46. The van der Waals surface area contributed by atoms with E-state index < -0.39 is 5.25 Å². The van der Waals surface area contributed by atoms with Crippen molar-refractivity contribution in [2.45, 2.75) is 23.6 Å². The average Bonchev–Trinajstić information content (AvgIpc) is 3.21. The lowest BCUT2D eigenvalue weighted by molar-refractivity contribution is -0.132. The number of halogens is 2. The van der Waals surface area contributed by atoms with Gasteiger partial charge in [-0.3, -0.25) is 14.5 Å². The molecule has 2 aliphatic rings. The summed E-state index contributed by atoms with van der Waals surface area (Å²) in [6.07, 6.45) is 0.115. The van der Waals surface area contributed by atoms with E-state index in [1.165, 1.54) is 11.8 Å². The van der Waals surface area contributed by atoms with Crippen LogP contribution in [0.5, 0.6) is 0 Å². The summed E-state index contributed by atoms with van der Waals surface area (Å²) in [4.78, 5) is 30.7. The first kappa shape index (κ1) is 26.3. The highest BCUT2D eigenvalue weighted by Gasteiger charge is 2.42. The van der Waals surface area contributed by atoms with E-state index in [1.54, 1.807) is 12.1 Å². The second kappa shape index (κ2) is 12.0. The van der Waals surface area contributed by atoms with Crippen LogP contribution in [0.15, 0.2) is 60.7 Å². The highest BCUT2D eigenvalue weighted by atomic mass is 35.5. The lowest BCUT2D eigenvalue weighted by Crippen LogP contribution is -2.43. The van der Waals surface area contributed by atoms with Gasteiger partial charge < -0.3 is 15.0 Å². The molecule has 37 heavy (non-hydrogen) atoms. The number of rotatable bonds is 8. The Labute approximate surface area is 231 Å². The highest BCUT2D eigenvalue weighted by molar-refractivity contribution is 8.01. The summed E-state index contributed by atoms with van der Waals surface area (Å²) in [6.45, 7) is 4.83. The van der Waals surface area contributed by atoms with E-state index in [-0.39, 0.29) is 23.6 Å². The van der Waals surface area contributed by atoms with Gasteiger partial charge in [0.1, 0.15) is 5.37 Å². The van der Waals surface area contributed by atoms with Crippen LogP contribution in [0.4, 0.5) is 0 Å². The van der Waals surface area contributed by atoms with Crippen LogP contribution in [0.2, 0.25) is 10.0 Å². The Balaban J connectivity index is 1.27. The number of carbonyl (C=O) groups is 2. The van der Waals surface area contributed by atoms with Gasteiger partial charge in [0.15, 0.2) is 0 Å². The molecule has 0 saturated carbocycles. The van der Waals surface area contributed by atoms with Crippen LogP contribution in [-0.4, -0.2) is 66.3 Å². The van der Waals surface area contributed by atoms with Gasteiger partial charge in [0.25, 0.3) is 0 Å². The number of nitrogens with one attached hydrogen (secondary N) is 1. The van der Waals surface area contributed by atoms with Gasteiger partial charge in [-0.25, -0.2) is 0 Å². The predicted molar refractivity (Wildman–Crippen MR) is 150 cm³/mol. The van der Waals surface area contributed by atoms with Gasteiger partial charge in [-0.1, -0.05) is 71.7 Å². The number of hydrogen-bond acceptors (Lipinski definition) is 5. The molecule has 0 bridgehead atoms. The van der Waals surface area contributed by atoms with Gasteiger partial charge in [0.2, 0.25) is 11.8 Å². The third-order valence-electron chi connectivity index (χ3n) is 6.85. The van der Waals surface area contributed by atoms with Gasteiger partial charge in [0.05, 0.1) is 18.5 Å². The smallest absolute Gasteiger partial charge is 0.237 e. The van der Waals surface area contributed by atoms with E-state index in [9.17, 15) is 9.59 Å². The van der Waals surface area contributed by atoms with Crippen molar-refractivity contribution < 1.29 is 14.3 Å². The van der Waals surface area contributed by atoms with E-state index in [2.05, 4.69) is 28.4 Å². The summed E-state index contributed by atoms with van der Waals surface area (Å²) in [5.74, 6) is -0.177. The van der Waals surface area contributed by atoms with E-state index in [0.717, 1.165) is 41.5 Å². The Bertz CT molecular complexity index is 1280. The maximum Gasteiger partial charge on any atom is 0.237 e. The largest absolute Gasteiger partial charge is 0.379 e. The Kier molecular flexibility index (Phi) is 8.57.